The largest absolute Gasteiger partial charge is 0.460 e. The Hall–Kier alpha value is -2.67. The van der Waals surface area contributed by atoms with Crippen molar-refractivity contribution < 1.29 is 18.0 Å². The van der Waals surface area contributed by atoms with Gasteiger partial charge >= 0.3 is 0 Å². The van der Waals surface area contributed by atoms with Crippen LogP contribution in [0.5, 0.6) is 0 Å². The third-order valence-corrected chi connectivity index (χ3v) is 6.14. The fraction of sp³-hybridized carbons (Fsp3) is 0.458. The average molecular weight is 430 g/mol. The molecule has 1 unspecified atom stereocenters. The van der Waals surface area contributed by atoms with E-state index in [-0.39, 0.29) is 12.5 Å². The number of fused-ring (bicyclic) bond motifs is 1. The van der Waals surface area contributed by atoms with Crippen molar-refractivity contribution >= 4 is 17.0 Å². The Balaban J connectivity index is 1.46. The number of carbonyl (C=O) groups is 1. The first kappa shape index (κ1) is 21.6. The molecule has 0 bridgehead atoms. The number of nitrogens with one attached hydrogen (secondary N) is 1. The number of hydrogen-bond acceptors (Lipinski definition) is 3. The topological polar surface area (TPSA) is 50.4 Å². The fourth-order valence-corrected chi connectivity index (χ4v) is 4.41. The second-order valence-electron chi connectivity index (χ2n) is 8.45. The molecule has 7 heteroatoms. The molecule has 1 amide bonds. The van der Waals surface area contributed by atoms with E-state index in [1.807, 2.05) is 13.0 Å². The second-order valence-corrected chi connectivity index (χ2v) is 8.45. The monoisotopic (exact) mass is 429 g/mol. The highest BCUT2D eigenvalue weighted by atomic mass is 19.1. The molecule has 4 rings (SSSR count). The van der Waals surface area contributed by atoms with Crippen molar-refractivity contribution in [3.05, 3.63) is 59.0 Å². The van der Waals surface area contributed by atoms with Crippen molar-refractivity contribution in [3.63, 3.8) is 0 Å². The van der Waals surface area contributed by atoms with Gasteiger partial charge in [0.05, 0.1) is 12.1 Å². The van der Waals surface area contributed by atoms with Crippen molar-refractivity contribution in [2.75, 3.05) is 19.6 Å². The van der Waals surface area contributed by atoms with E-state index in [0.29, 0.717) is 40.7 Å². The van der Waals surface area contributed by atoms with Crippen LogP contribution >= 0.6 is 0 Å². The first-order valence-electron chi connectivity index (χ1n) is 11.0. The number of aromatic nitrogens is 1. The zero-order chi connectivity index (χ0) is 22.0. The molecule has 0 saturated carbocycles. The molecule has 1 aromatic carbocycles. The van der Waals surface area contributed by atoms with Crippen molar-refractivity contribution in [2.24, 2.45) is 0 Å². The van der Waals surface area contributed by atoms with Crippen LogP contribution in [-0.4, -0.2) is 41.1 Å². The van der Waals surface area contributed by atoms with Gasteiger partial charge in [-0.05, 0) is 45.7 Å². The van der Waals surface area contributed by atoms with Gasteiger partial charge in [-0.3, -0.25) is 4.79 Å². The minimum atomic E-state index is -0.635. The summed E-state index contributed by atoms with van der Waals surface area (Å²) in [5.74, 6) is -0.776. The number of aryl methyl sites for hydroxylation is 1. The summed E-state index contributed by atoms with van der Waals surface area (Å²) < 4.78 is 35.0. The van der Waals surface area contributed by atoms with E-state index in [4.69, 9.17) is 4.42 Å². The number of halogens is 2. The minimum absolute atomic E-state index is 0.114. The lowest BCUT2D eigenvalue weighted by molar-refractivity contribution is 0.0940. The van der Waals surface area contributed by atoms with Gasteiger partial charge in [-0.25, -0.2) is 8.78 Å². The Labute approximate surface area is 181 Å². The molecule has 1 saturated heterocycles. The third kappa shape index (κ3) is 4.82. The molecule has 31 heavy (non-hydrogen) atoms. The van der Waals surface area contributed by atoms with Crippen LogP contribution in [0, 0.1) is 18.6 Å². The first-order valence-corrected chi connectivity index (χ1v) is 11.0. The SMILES string of the molecule is Cc1cc2c(cc(C(=O)NCCCN3CCCCC3C)n2Cc2ccc(F)cc2F)o1. The standard InChI is InChI=1S/C24H29F2N3O2/c1-16-6-3-4-10-28(16)11-5-9-27-24(30)22-14-23-21(12-17(2)31-23)29(22)15-18-7-8-19(25)13-20(18)26/h7-8,12-14,16H,3-6,9-11,15H2,1-2H3,(H,27,30). The average Bonchev–Trinajstić information content (AvgIpc) is 3.25. The molecular weight excluding hydrogens is 400 g/mol. The fourth-order valence-electron chi connectivity index (χ4n) is 4.41. The molecule has 1 fully saturated rings. The maximum Gasteiger partial charge on any atom is 0.268 e. The smallest absolute Gasteiger partial charge is 0.268 e. The number of rotatable bonds is 7. The van der Waals surface area contributed by atoms with Crippen LogP contribution in [0.1, 0.15) is 54.4 Å². The number of hydrogen-bond donors (Lipinski definition) is 1. The maximum atomic E-state index is 14.3. The Kier molecular flexibility index (Phi) is 6.41. The Morgan fingerprint density at radius 2 is 2.06 bits per heavy atom. The first-order chi connectivity index (χ1) is 14.9. The highest BCUT2D eigenvalue weighted by Crippen LogP contribution is 2.26. The molecule has 2 aromatic heterocycles. The van der Waals surface area contributed by atoms with Crippen molar-refractivity contribution in [3.8, 4) is 0 Å². The summed E-state index contributed by atoms with van der Waals surface area (Å²) in [5.41, 5.74) is 2.01. The van der Waals surface area contributed by atoms with E-state index >= 15 is 0 Å². The van der Waals surface area contributed by atoms with Crippen LogP contribution in [0.15, 0.2) is 34.7 Å². The van der Waals surface area contributed by atoms with Crippen molar-refractivity contribution in [1.29, 1.82) is 0 Å². The van der Waals surface area contributed by atoms with Gasteiger partial charge in [0.1, 0.15) is 23.1 Å². The number of carbonyl (C=O) groups excluding carboxylic acids is 1. The quantitative estimate of drug-likeness (QED) is 0.546. The summed E-state index contributed by atoms with van der Waals surface area (Å²) in [5, 5.41) is 2.99. The lowest BCUT2D eigenvalue weighted by Gasteiger charge is -2.33. The Morgan fingerprint density at radius 1 is 1.23 bits per heavy atom. The Morgan fingerprint density at radius 3 is 2.84 bits per heavy atom. The second kappa shape index (κ2) is 9.22. The summed E-state index contributed by atoms with van der Waals surface area (Å²) >= 11 is 0. The van der Waals surface area contributed by atoms with Gasteiger partial charge in [-0.1, -0.05) is 12.5 Å². The Bertz CT molecular complexity index is 1070. The molecule has 5 nitrogen and oxygen atoms in total. The number of benzene rings is 1. The third-order valence-electron chi connectivity index (χ3n) is 6.14. The van der Waals surface area contributed by atoms with Gasteiger partial charge in [-0.15, -0.1) is 0 Å². The van der Waals surface area contributed by atoms with Gasteiger partial charge in [-0.2, -0.15) is 0 Å². The zero-order valence-electron chi connectivity index (χ0n) is 18.1. The van der Waals surface area contributed by atoms with Crippen molar-refractivity contribution in [2.45, 2.75) is 52.1 Å². The number of amides is 1. The molecule has 3 heterocycles. The number of furan rings is 1. The molecule has 1 atom stereocenters. The molecule has 1 aliphatic rings. The summed E-state index contributed by atoms with van der Waals surface area (Å²) in [6, 6.07) is 7.60. The van der Waals surface area contributed by atoms with E-state index in [0.717, 1.165) is 25.6 Å². The lowest BCUT2D eigenvalue weighted by Crippen LogP contribution is -2.39. The van der Waals surface area contributed by atoms with E-state index < -0.39 is 11.6 Å². The van der Waals surface area contributed by atoms with Crippen LogP contribution in [0.4, 0.5) is 8.78 Å². The van der Waals surface area contributed by atoms with Crippen LogP contribution < -0.4 is 5.32 Å². The van der Waals surface area contributed by atoms with Crippen LogP contribution in [-0.2, 0) is 6.54 Å². The van der Waals surface area contributed by atoms with E-state index in [9.17, 15) is 13.6 Å². The number of piperidine rings is 1. The molecule has 1 N–H and O–H groups in total. The summed E-state index contributed by atoms with van der Waals surface area (Å²) in [4.78, 5) is 15.4. The number of likely N-dealkylation sites (tertiary alicyclic amines) is 1. The zero-order valence-corrected chi connectivity index (χ0v) is 18.1. The van der Waals surface area contributed by atoms with Crippen LogP contribution in [0.25, 0.3) is 11.1 Å². The predicted octanol–water partition coefficient (Wildman–Crippen LogP) is 4.86. The molecule has 0 radical (unpaired) electrons. The number of nitrogens with zero attached hydrogens (tertiary/aromatic N) is 2. The molecule has 166 valence electrons. The lowest BCUT2D eigenvalue weighted by atomic mass is 10.0. The molecule has 0 aliphatic carbocycles. The van der Waals surface area contributed by atoms with Gasteiger partial charge in [0.25, 0.3) is 5.91 Å². The normalized spacial score (nSPS) is 17.4. The summed E-state index contributed by atoms with van der Waals surface area (Å²) in [7, 11) is 0. The van der Waals surface area contributed by atoms with Gasteiger partial charge in [0.15, 0.2) is 5.58 Å². The summed E-state index contributed by atoms with van der Waals surface area (Å²) in [6.07, 6.45) is 4.64. The predicted molar refractivity (Wildman–Crippen MR) is 116 cm³/mol. The van der Waals surface area contributed by atoms with E-state index in [1.54, 1.807) is 10.6 Å². The van der Waals surface area contributed by atoms with E-state index in [2.05, 4.69) is 17.1 Å². The molecule has 3 aromatic rings. The van der Waals surface area contributed by atoms with Crippen LogP contribution in [0.3, 0.4) is 0 Å². The van der Waals surface area contributed by atoms with E-state index in [1.165, 1.54) is 31.4 Å². The maximum absolute atomic E-state index is 14.3. The van der Waals surface area contributed by atoms with Gasteiger partial charge in [0, 0.05) is 42.9 Å². The summed E-state index contributed by atoms with van der Waals surface area (Å²) in [6.45, 7) is 6.85. The molecule has 0 spiro atoms. The minimum Gasteiger partial charge on any atom is -0.460 e. The van der Waals surface area contributed by atoms with Crippen molar-refractivity contribution in [1.82, 2.24) is 14.8 Å². The van der Waals surface area contributed by atoms with Gasteiger partial charge < -0.3 is 19.2 Å². The molecular formula is C24H29F2N3O2. The highest BCUT2D eigenvalue weighted by Gasteiger charge is 2.20. The molecule has 1 aliphatic heterocycles. The highest BCUT2D eigenvalue weighted by molar-refractivity contribution is 5.97. The van der Waals surface area contributed by atoms with Crippen LogP contribution in [0.2, 0.25) is 0 Å². The van der Waals surface area contributed by atoms with Gasteiger partial charge in [0.2, 0.25) is 0 Å².